The van der Waals surface area contributed by atoms with Crippen molar-refractivity contribution in [2.75, 3.05) is 11.9 Å². The van der Waals surface area contributed by atoms with E-state index in [0.29, 0.717) is 0 Å². The second-order valence-corrected chi connectivity index (χ2v) is 6.48. The minimum atomic E-state index is -1.80. The third-order valence-corrected chi connectivity index (χ3v) is 3.39. The Hall–Kier alpha value is -1.67. The predicted octanol–water partition coefficient (Wildman–Crippen LogP) is 2.26. The molecule has 0 aliphatic rings. The SMILES string of the molecule is CCOC(=O)C(C)(O)c1cnc(NC(=O)OC(C)(C)C)s1. The van der Waals surface area contributed by atoms with E-state index in [0.717, 1.165) is 11.3 Å². The van der Waals surface area contributed by atoms with Crippen LogP contribution in [0.5, 0.6) is 0 Å². The van der Waals surface area contributed by atoms with E-state index in [1.807, 2.05) is 0 Å². The number of aromatic nitrogens is 1. The van der Waals surface area contributed by atoms with Crippen molar-refractivity contribution >= 4 is 28.5 Å². The van der Waals surface area contributed by atoms with Gasteiger partial charge in [-0.2, -0.15) is 0 Å². The smallest absolute Gasteiger partial charge is 0.413 e. The van der Waals surface area contributed by atoms with Crippen molar-refractivity contribution in [2.24, 2.45) is 0 Å². The van der Waals surface area contributed by atoms with Gasteiger partial charge in [-0.15, -0.1) is 0 Å². The molecule has 0 bridgehead atoms. The number of anilines is 1. The van der Waals surface area contributed by atoms with Crippen molar-refractivity contribution in [3.05, 3.63) is 11.1 Å². The van der Waals surface area contributed by atoms with Crippen molar-refractivity contribution in [3.8, 4) is 0 Å². The third kappa shape index (κ3) is 4.98. The van der Waals surface area contributed by atoms with E-state index in [4.69, 9.17) is 9.47 Å². The highest BCUT2D eigenvalue weighted by molar-refractivity contribution is 7.16. The quantitative estimate of drug-likeness (QED) is 0.827. The number of ether oxygens (including phenoxy) is 2. The van der Waals surface area contributed by atoms with Gasteiger partial charge in [0.2, 0.25) is 0 Å². The van der Waals surface area contributed by atoms with Crippen LogP contribution in [-0.4, -0.2) is 34.4 Å². The maximum absolute atomic E-state index is 11.7. The zero-order chi connectivity index (χ0) is 16.3. The van der Waals surface area contributed by atoms with Crippen LogP contribution in [0.1, 0.15) is 39.5 Å². The summed E-state index contributed by atoms with van der Waals surface area (Å²) in [6.07, 6.45) is 0.660. The number of esters is 1. The Labute approximate surface area is 127 Å². The summed E-state index contributed by atoms with van der Waals surface area (Å²) in [6.45, 7) is 8.35. The highest BCUT2D eigenvalue weighted by Gasteiger charge is 2.36. The molecule has 0 radical (unpaired) electrons. The molecule has 0 aromatic carbocycles. The highest BCUT2D eigenvalue weighted by atomic mass is 32.1. The van der Waals surface area contributed by atoms with E-state index >= 15 is 0 Å². The van der Waals surface area contributed by atoms with E-state index in [1.54, 1.807) is 27.7 Å². The molecule has 2 N–H and O–H groups in total. The molecule has 1 heterocycles. The number of hydrogen-bond acceptors (Lipinski definition) is 7. The summed E-state index contributed by atoms with van der Waals surface area (Å²) in [7, 11) is 0. The van der Waals surface area contributed by atoms with Gasteiger partial charge in [0.25, 0.3) is 0 Å². The topological polar surface area (TPSA) is 97.8 Å². The zero-order valence-corrected chi connectivity index (χ0v) is 13.5. The normalized spacial score (nSPS) is 14.2. The average Bonchev–Trinajstić information content (AvgIpc) is 2.75. The summed E-state index contributed by atoms with van der Waals surface area (Å²) in [5, 5.41) is 12.8. The van der Waals surface area contributed by atoms with Crippen LogP contribution in [0.4, 0.5) is 9.93 Å². The lowest BCUT2D eigenvalue weighted by molar-refractivity contribution is -0.163. The Morgan fingerprint density at radius 3 is 2.52 bits per heavy atom. The maximum atomic E-state index is 11.7. The Bertz CT molecular complexity index is 519. The van der Waals surface area contributed by atoms with Crippen molar-refractivity contribution in [3.63, 3.8) is 0 Å². The Morgan fingerprint density at radius 1 is 1.38 bits per heavy atom. The van der Waals surface area contributed by atoms with E-state index in [1.165, 1.54) is 13.1 Å². The van der Waals surface area contributed by atoms with Crippen LogP contribution in [0.3, 0.4) is 0 Å². The molecule has 8 heteroatoms. The number of amides is 1. The van der Waals surface area contributed by atoms with E-state index in [9.17, 15) is 14.7 Å². The molecular formula is C13H20N2O5S. The molecule has 1 atom stereocenters. The first-order valence-corrected chi connectivity index (χ1v) is 7.24. The number of carbonyl (C=O) groups is 2. The average molecular weight is 316 g/mol. The van der Waals surface area contributed by atoms with Crippen LogP contribution in [0.25, 0.3) is 0 Å². The number of aliphatic hydroxyl groups is 1. The second-order valence-electron chi connectivity index (χ2n) is 5.45. The Balaban J connectivity index is 2.77. The standard InChI is InChI=1S/C13H20N2O5S/c1-6-19-9(16)13(5,18)8-7-14-10(21-8)15-11(17)20-12(2,3)4/h7,18H,6H2,1-5H3,(H,14,15,17). The molecule has 1 amide bonds. The molecule has 0 saturated carbocycles. The summed E-state index contributed by atoms with van der Waals surface area (Å²) in [5.74, 6) is -0.766. The van der Waals surface area contributed by atoms with E-state index < -0.39 is 23.3 Å². The van der Waals surface area contributed by atoms with Crippen molar-refractivity contribution < 1.29 is 24.2 Å². The van der Waals surface area contributed by atoms with Crippen LogP contribution in [0.15, 0.2) is 6.20 Å². The lowest BCUT2D eigenvalue weighted by Crippen LogP contribution is -2.33. The number of carbonyl (C=O) groups excluding carboxylic acids is 2. The molecule has 1 aromatic rings. The predicted molar refractivity (Wildman–Crippen MR) is 78.2 cm³/mol. The van der Waals surface area contributed by atoms with Gasteiger partial charge in [0.05, 0.1) is 11.5 Å². The molecular weight excluding hydrogens is 296 g/mol. The summed E-state index contributed by atoms with van der Waals surface area (Å²) >= 11 is 0.974. The molecule has 0 fully saturated rings. The summed E-state index contributed by atoms with van der Waals surface area (Å²) in [6, 6.07) is 0. The van der Waals surface area contributed by atoms with Gasteiger partial charge in [-0.05, 0) is 34.6 Å². The lowest BCUT2D eigenvalue weighted by Gasteiger charge is -2.19. The second kappa shape index (κ2) is 6.40. The van der Waals surface area contributed by atoms with Crippen LogP contribution in [0, 0.1) is 0 Å². The molecule has 7 nitrogen and oxygen atoms in total. The fourth-order valence-electron chi connectivity index (χ4n) is 1.32. The zero-order valence-electron chi connectivity index (χ0n) is 12.7. The van der Waals surface area contributed by atoms with Gasteiger partial charge in [0, 0.05) is 6.20 Å². The molecule has 0 aliphatic carbocycles. The molecule has 0 saturated heterocycles. The first kappa shape index (κ1) is 17.4. The molecule has 1 rings (SSSR count). The van der Waals surface area contributed by atoms with Crippen molar-refractivity contribution in [1.82, 2.24) is 4.98 Å². The van der Waals surface area contributed by atoms with E-state index in [2.05, 4.69) is 10.3 Å². The first-order chi connectivity index (χ1) is 9.56. The molecule has 1 unspecified atom stereocenters. The summed E-state index contributed by atoms with van der Waals surface area (Å²) in [4.78, 5) is 27.5. The molecule has 118 valence electrons. The van der Waals surface area contributed by atoms with E-state index in [-0.39, 0.29) is 16.6 Å². The minimum Gasteiger partial charge on any atom is -0.464 e. The number of nitrogens with zero attached hydrogens (tertiary/aromatic N) is 1. The Morgan fingerprint density at radius 2 is 2.00 bits per heavy atom. The van der Waals surface area contributed by atoms with Gasteiger partial charge in [0.1, 0.15) is 5.60 Å². The summed E-state index contributed by atoms with van der Waals surface area (Å²) in [5.41, 5.74) is -2.43. The fraction of sp³-hybridized carbons (Fsp3) is 0.615. The van der Waals surface area contributed by atoms with Crippen LogP contribution in [0.2, 0.25) is 0 Å². The van der Waals surface area contributed by atoms with Gasteiger partial charge in [-0.25, -0.2) is 14.6 Å². The van der Waals surface area contributed by atoms with Crippen molar-refractivity contribution in [2.45, 2.75) is 45.8 Å². The lowest BCUT2D eigenvalue weighted by atomic mass is 10.1. The van der Waals surface area contributed by atoms with Crippen LogP contribution in [-0.2, 0) is 19.9 Å². The third-order valence-electron chi connectivity index (χ3n) is 2.27. The fourth-order valence-corrected chi connectivity index (χ4v) is 2.16. The molecule has 1 aromatic heterocycles. The molecule has 21 heavy (non-hydrogen) atoms. The highest BCUT2D eigenvalue weighted by Crippen LogP contribution is 2.30. The van der Waals surface area contributed by atoms with Gasteiger partial charge in [-0.3, -0.25) is 5.32 Å². The molecule has 0 spiro atoms. The minimum absolute atomic E-state index is 0.163. The van der Waals surface area contributed by atoms with Crippen LogP contribution < -0.4 is 5.32 Å². The van der Waals surface area contributed by atoms with Gasteiger partial charge < -0.3 is 14.6 Å². The summed E-state index contributed by atoms with van der Waals surface area (Å²) < 4.78 is 9.88. The molecule has 0 aliphatic heterocycles. The maximum Gasteiger partial charge on any atom is 0.413 e. The van der Waals surface area contributed by atoms with Gasteiger partial charge >= 0.3 is 12.1 Å². The van der Waals surface area contributed by atoms with Crippen LogP contribution >= 0.6 is 11.3 Å². The largest absolute Gasteiger partial charge is 0.464 e. The number of thiazole rings is 1. The Kier molecular flexibility index (Phi) is 5.30. The van der Waals surface area contributed by atoms with Gasteiger partial charge in [-0.1, -0.05) is 11.3 Å². The van der Waals surface area contributed by atoms with Crippen molar-refractivity contribution in [1.29, 1.82) is 0 Å². The number of nitrogens with one attached hydrogen (secondary N) is 1. The number of rotatable bonds is 4. The monoisotopic (exact) mass is 316 g/mol. The van der Waals surface area contributed by atoms with Gasteiger partial charge in [0.15, 0.2) is 10.7 Å². The number of hydrogen-bond donors (Lipinski definition) is 2. The first-order valence-electron chi connectivity index (χ1n) is 6.42.